The molecule has 3 aromatic rings. The summed E-state index contributed by atoms with van der Waals surface area (Å²) in [5, 5.41) is 24.1. The summed E-state index contributed by atoms with van der Waals surface area (Å²) in [6.45, 7) is 2.05. The molecule has 9 nitrogen and oxygen atoms in total. The lowest BCUT2D eigenvalue weighted by Crippen LogP contribution is -2.41. The molecule has 2 heterocycles. The number of carbonyl (C=O) groups is 2. The van der Waals surface area contributed by atoms with Gasteiger partial charge < -0.3 is 15.3 Å². The zero-order valence-corrected chi connectivity index (χ0v) is 18.6. The fourth-order valence-electron chi connectivity index (χ4n) is 3.92. The molecule has 32 heavy (non-hydrogen) atoms. The Morgan fingerprint density at radius 2 is 1.91 bits per heavy atom. The largest absolute Gasteiger partial charge is 0.465 e. The number of halogens is 2. The Labute approximate surface area is 194 Å². The van der Waals surface area contributed by atoms with E-state index in [9.17, 15) is 14.7 Å². The third-order valence-corrected chi connectivity index (χ3v) is 5.90. The number of nitrogens with zero attached hydrogens (tertiary/aromatic N) is 4. The Morgan fingerprint density at radius 1 is 1.16 bits per heavy atom. The van der Waals surface area contributed by atoms with Gasteiger partial charge in [-0.3, -0.25) is 9.69 Å². The molecular formula is C21H22Cl2N6O3. The predicted octanol–water partition coefficient (Wildman–Crippen LogP) is 3.85. The molecule has 0 aliphatic carbocycles. The molecule has 1 aliphatic rings. The molecule has 1 saturated heterocycles. The first-order valence-electron chi connectivity index (χ1n) is 10.1. The first-order chi connectivity index (χ1) is 15.4. The average Bonchev–Trinajstić information content (AvgIpc) is 3.38. The lowest BCUT2D eigenvalue weighted by atomic mass is 10.1. The number of nitrogens with one attached hydrogen (secondary N) is 2. The first-order valence-corrected chi connectivity index (χ1v) is 10.9. The number of anilines is 1. The van der Waals surface area contributed by atoms with Crippen LogP contribution in [-0.2, 0) is 11.3 Å². The maximum atomic E-state index is 12.4. The summed E-state index contributed by atoms with van der Waals surface area (Å²) in [7, 11) is 0. The van der Waals surface area contributed by atoms with Crippen LogP contribution < -0.4 is 5.32 Å². The molecular weight excluding hydrogens is 455 g/mol. The van der Waals surface area contributed by atoms with E-state index < -0.39 is 6.09 Å². The number of hydrogen-bond acceptors (Lipinski definition) is 5. The van der Waals surface area contributed by atoms with Gasteiger partial charge in [-0.05, 0) is 48.4 Å². The number of rotatable bonds is 7. The smallest absolute Gasteiger partial charge is 0.407 e. The van der Waals surface area contributed by atoms with E-state index in [4.69, 9.17) is 23.2 Å². The Hall–Kier alpha value is -2.88. The molecule has 2 aromatic carbocycles. The average molecular weight is 477 g/mol. The molecule has 1 fully saturated rings. The van der Waals surface area contributed by atoms with E-state index in [1.807, 2.05) is 0 Å². The lowest BCUT2D eigenvalue weighted by molar-refractivity contribution is -0.116. The highest BCUT2D eigenvalue weighted by Crippen LogP contribution is 2.23. The predicted molar refractivity (Wildman–Crippen MR) is 122 cm³/mol. The molecule has 168 valence electrons. The van der Waals surface area contributed by atoms with Crippen molar-refractivity contribution in [3.63, 3.8) is 0 Å². The zero-order valence-electron chi connectivity index (χ0n) is 17.1. The van der Waals surface area contributed by atoms with Gasteiger partial charge in [0.2, 0.25) is 5.91 Å². The van der Waals surface area contributed by atoms with Crippen molar-refractivity contribution in [2.45, 2.75) is 25.4 Å². The number of aromatic amines is 1. The Balaban J connectivity index is 1.29. The molecule has 0 bridgehead atoms. The minimum Gasteiger partial charge on any atom is -0.465 e. The van der Waals surface area contributed by atoms with Crippen LogP contribution in [-0.4, -0.2) is 68.0 Å². The number of carboxylic acid groups (broad SMARTS) is 1. The van der Waals surface area contributed by atoms with Gasteiger partial charge in [-0.1, -0.05) is 23.2 Å². The van der Waals surface area contributed by atoms with E-state index in [2.05, 4.69) is 25.6 Å². The zero-order chi connectivity index (χ0) is 22.7. The highest BCUT2D eigenvalue weighted by atomic mass is 35.5. The van der Waals surface area contributed by atoms with Gasteiger partial charge in [-0.2, -0.15) is 15.4 Å². The van der Waals surface area contributed by atoms with Crippen LogP contribution in [0.3, 0.4) is 0 Å². The van der Waals surface area contributed by atoms with Crippen molar-refractivity contribution < 1.29 is 14.7 Å². The summed E-state index contributed by atoms with van der Waals surface area (Å²) in [5.74, 6) is -0.111. The van der Waals surface area contributed by atoms with E-state index in [-0.39, 0.29) is 18.5 Å². The summed E-state index contributed by atoms with van der Waals surface area (Å²) in [4.78, 5) is 27.8. The topological polar surface area (TPSA) is 114 Å². The minimum absolute atomic E-state index is 0.111. The molecule has 1 atom stereocenters. The second kappa shape index (κ2) is 9.72. The number of H-pyrrole nitrogens is 1. The summed E-state index contributed by atoms with van der Waals surface area (Å²) >= 11 is 12.1. The van der Waals surface area contributed by atoms with Gasteiger partial charge in [0.15, 0.2) is 0 Å². The van der Waals surface area contributed by atoms with Gasteiger partial charge in [-0.15, -0.1) is 0 Å². The van der Waals surface area contributed by atoms with E-state index >= 15 is 0 Å². The van der Waals surface area contributed by atoms with Crippen LogP contribution in [0.4, 0.5) is 10.5 Å². The number of benzene rings is 2. The molecule has 1 unspecified atom stereocenters. The molecule has 11 heteroatoms. The maximum Gasteiger partial charge on any atom is 0.407 e. The minimum atomic E-state index is -0.992. The molecule has 1 aromatic heterocycles. The first kappa shape index (κ1) is 22.3. The van der Waals surface area contributed by atoms with Crippen LogP contribution in [0.15, 0.2) is 36.4 Å². The van der Waals surface area contributed by atoms with Crippen molar-refractivity contribution in [1.29, 1.82) is 0 Å². The molecule has 1 aliphatic heterocycles. The number of aromatic nitrogens is 3. The second-order valence-corrected chi connectivity index (χ2v) is 8.63. The van der Waals surface area contributed by atoms with Gasteiger partial charge in [0.1, 0.15) is 11.0 Å². The highest BCUT2D eigenvalue weighted by molar-refractivity contribution is 6.34. The van der Waals surface area contributed by atoms with E-state index in [0.717, 1.165) is 17.6 Å². The van der Waals surface area contributed by atoms with Crippen molar-refractivity contribution in [3.05, 3.63) is 52.0 Å². The Bertz CT molecular complexity index is 1120. The summed E-state index contributed by atoms with van der Waals surface area (Å²) in [6.07, 6.45) is 0.0138. The Kier molecular flexibility index (Phi) is 6.78. The number of fused-ring (bicyclic) bond motifs is 1. The van der Waals surface area contributed by atoms with Crippen LogP contribution >= 0.6 is 23.2 Å². The summed E-state index contributed by atoms with van der Waals surface area (Å²) in [6, 6.07) is 10.2. The summed E-state index contributed by atoms with van der Waals surface area (Å²) < 4.78 is 0. The van der Waals surface area contributed by atoms with Crippen LogP contribution in [0.5, 0.6) is 0 Å². The van der Waals surface area contributed by atoms with Crippen molar-refractivity contribution in [3.8, 4) is 0 Å². The fourth-order valence-corrected chi connectivity index (χ4v) is 4.49. The third-order valence-electron chi connectivity index (χ3n) is 5.46. The quantitative estimate of drug-likeness (QED) is 0.477. The van der Waals surface area contributed by atoms with E-state index in [1.165, 1.54) is 4.90 Å². The molecule has 0 radical (unpaired) electrons. The Morgan fingerprint density at radius 3 is 2.66 bits per heavy atom. The van der Waals surface area contributed by atoms with Gasteiger partial charge in [0.05, 0.1) is 0 Å². The number of carbonyl (C=O) groups excluding carboxylic acids is 1. The van der Waals surface area contributed by atoms with Gasteiger partial charge in [0, 0.05) is 54.4 Å². The molecule has 4 rings (SSSR count). The maximum absolute atomic E-state index is 12.4. The van der Waals surface area contributed by atoms with Crippen LogP contribution in [0.1, 0.15) is 18.4 Å². The van der Waals surface area contributed by atoms with Crippen molar-refractivity contribution >= 4 is 51.9 Å². The van der Waals surface area contributed by atoms with Crippen LogP contribution in [0.25, 0.3) is 11.0 Å². The van der Waals surface area contributed by atoms with Crippen molar-refractivity contribution in [1.82, 2.24) is 25.2 Å². The lowest BCUT2D eigenvalue weighted by Gasteiger charge is -2.26. The van der Waals surface area contributed by atoms with Crippen LogP contribution in [0.2, 0.25) is 10.0 Å². The monoisotopic (exact) mass is 476 g/mol. The van der Waals surface area contributed by atoms with Gasteiger partial charge in [0.25, 0.3) is 0 Å². The normalized spacial score (nSPS) is 16.4. The van der Waals surface area contributed by atoms with E-state index in [1.54, 1.807) is 36.4 Å². The van der Waals surface area contributed by atoms with E-state index in [0.29, 0.717) is 47.2 Å². The molecule has 0 spiro atoms. The molecule has 0 saturated carbocycles. The second-order valence-electron chi connectivity index (χ2n) is 7.76. The fraction of sp³-hybridized carbons (Fsp3) is 0.333. The van der Waals surface area contributed by atoms with Crippen molar-refractivity contribution in [2.24, 2.45) is 0 Å². The van der Waals surface area contributed by atoms with Gasteiger partial charge >= 0.3 is 6.09 Å². The third kappa shape index (κ3) is 5.48. The number of hydrogen-bond donors (Lipinski definition) is 3. The molecule has 3 N–H and O–H groups in total. The number of amides is 2. The standard InChI is InChI=1S/C21H22Cl2N6O3/c22-14-7-13(8-15(23)9-14)11-29(21(31)32)17-3-5-28(12-17)6-4-20(30)24-16-1-2-18-19(10-16)26-27-25-18/h1-2,7-10,17H,3-6,11-12H2,(H,24,30)(H,31,32)(H,25,26,27). The van der Waals surface area contributed by atoms with Crippen LogP contribution in [0, 0.1) is 0 Å². The summed E-state index contributed by atoms with van der Waals surface area (Å²) in [5.41, 5.74) is 2.81. The van der Waals surface area contributed by atoms with Gasteiger partial charge in [-0.25, -0.2) is 4.79 Å². The molecule has 2 amide bonds. The number of likely N-dealkylation sites (tertiary alicyclic amines) is 1. The SMILES string of the molecule is O=C(CCN1CCC(N(Cc2cc(Cl)cc(Cl)c2)C(=O)O)C1)Nc1ccc2n[nH]nc2c1. The highest BCUT2D eigenvalue weighted by Gasteiger charge is 2.31. The van der Waals surface area contributed by atoms with Crippen molar-refractivity contribution in [2.75, 3.05) is 25.0 Å².